The first kappa shape index (κ1) is 33.2. The zero-order valence-electron chi connectivity index (χ0n) is 22.1. The number of carboxylic acid groups (broad SMARTS) is 1. The SMILES string of the molecule is CN(C(=O)[C@H](Cc1cccc(C=NN)c1)Nc1ccc(-c2cccc(F)c2C#N)cc1)S(C)(=O)=O.O=C(O)C(F)(F)F. The van der Waals surface area contributed by atoms with Gasteiger partial charge in [-0.05, 0) is 34.9 Å². The minimum absolute atomic E-state index is 0.0584. The van der Waals surface area contributed by atoms with Crippen LogP contribution in [0.1, 0.15) is 16.7 Å². The quantitative estimate of drug-likeness (QED) is 0.151. The average molecular weight is 608 g/mol. The molecule has 222 valence electrons. The molecule has 0 heterocycles. The maximum atomic E-state index is 14.0. The van der Waals surface area contributed by atoms with Gasteiger partial charge in [-0.25, -0.2) is 21.9 Å². The Morgan fingerprint density at radius 1 is 1.14 bits per heavy atom. The first-order chi connectivity index (χ1) is 19.6. The number of nitrogens with zero attached hydrogens (tertiary/aromatic N) is 3. The molecule has 0 aliphatic heterocycles. The number of nitrogens with two attached hydrogens (primary N) is 1. The fraction of sp³-hybridized carbons (Fsp3) is 0.185. The molecular weight excluding hydrogens is 582 g/mol. The molecular formula is C27H25F4N5O5S. The van der Waals surface area contributed by atoms with Gasteiger partial charge in [-0.1, -0.05) is 48.5 Å². The van der Waals surface area contributed by atoms with Crippen molar-refractivity contribution < 1.29 is 40.7 Å². The van der Waals surface area contributed by atoms with Crippen LogP contribution in [-0.4, -0.2) is 61.4 Å². The van der Waals surface area contributed by atoms with Gasteiger partial charge in [-0.3, -0.25) is 4.79 Å². The third-order valence-corrected chi connectivity index (χ3v) is 6.80. The van der Waals surface area contributed by atoms with Crippen molar-refractivity contribution in [1.29, 1.82) is 5.26 Å². The lowest BCUT2D eigenvalue weighted by atomic mass is 9.99. The number of benzene rings is 3. The number of nitriles is 1. The number of carbonyl (C=O) groups is 2. The molecule has 10 nitrogen and oxygen atoms in total. The number of rotatable bonds is 8. The van der Waals surface area contributed by atoms with Crippen LogP contribution < -0.4 is 11.2 Å². The Labute approximate surface area is 238 Å². The molecule has 1 amide bonds. The van der Waals surface area contributed by atoms with E-state index in [-0.39, 0.29) is 12.0 Å². The molecule has 4 N–H and O–H groups in total. The molecule has 0 fully saturated rings. The second-order valence-electron chi connectivity index (χ2n) is 8.65. The van der Waals surface area contributed by atoms with Gasteiger partial charge >= 0.3 is 12.1 Å². The van der Waals surface area contributed by atoms with Crippen LogP contribution in [0, 0.1) is 17.1 Å². The number of sulfonamides is 1. The van der Waals surface area contributed by atoms with Crippen molar-refractivity contribution in [2.24, 2.45) is 10.9 Å². The number of hydrogen-bond donors (Lipinski definition) is 3. The van der Waals surface area contributed by atoms with Crippen molar-refractivity contribution in [2.45, 2.75) is 18.6 Å². The van der Waals surface area contributed by atoms with Crippen LogP contribution in [0.4, 0.5) is 23.2 Å². The number of hydrazone groups is 1. The van der Waals surface area contributed by atoms with Gasteiger partial charge in [-0.2, -0.15) is 23.5 Å². The van der Waals surface area contributed by atoms with Crippen LogP contribution >= 0.6 is 0 Å². The molecule has 3 rings (SSSR count). The molecule has 15 heteroatoms. The Hall–Kier alpha value is -4.97. The Balaban J connectivity index is 0.000000782. The number of carboxylic acids is 1. The van der Waals surface area contributed by atoms with Crippen LogP contribution in [0.25, 0.3) is 11.1 Å². The van der Waals surface area contributed by atoms with Crippen LogP contribution in [0.5, 0.6) is 0 Å². The molecule has 0 saturated carbocycles. The number of anilines is 1. The Bertz CT molecular complexity index is 1600. The van der Waals surface area contributed by atoms with E-state index in [9.17, 15) is 36.0 Å². The van der Waals surface area contributed by atoms with E-state index in [2.05, 4.69) is 10.4 Å². The minimum atomic E-state index is -5.08. The Morgan fingerprint density at radius 2 is 1.74 bits per heavy atom. The first-order valence-corrected chi connectivity index (χ1v) is 13.6. The minimum Gasteiger partial charge on any atom is -0.475 e. The summed E-state index contributed by atoms with van der Waals surface area (Å²) in [6.07, 6.45) is -2.47. The molecule has 0 unspecified atom stereocenters. The average Bonchev–Trinajstić information content (AvgIpc) is 2.92. The van der Waals surface area contributed by atoms with Crippen molar-refractivity contribution in [3.05, 3.63) is 89.2 Å². The third-order valence-electron chi connectivity index (χ3n) is 5.63. The number of nitrogens with one attached hydrogen (secondary N) is 1. The maximum Gasteiger partial charge on any atom is 0.490 e. The normalized spacial score (nSPS) is 12.0. The van der Waals surface area contributed by atoms with E-state index in [1.807, 2.05) is 12.1 Å². The predicted octanol–water partition coefficient (Wildman–Crippen LogP) is 3.73. The molecule has 0 saturated heterocycles. The highest BCUT2D eigenvalue weighted by Crippen LogP contribution is 2.27. The summed E-state index contributed by atoms with van der Waals surface area (Å²) >= 11 is 0. The van der Waals surface area contributed by atoms with E-state index < -0.39 is 39.9 Å². The van der Waals surface area contributed by atoms with Crippen molar-refractivity contribution in [1.82, 2.24) is 4.31 Å². The fourth-order valence-electron chi connectivity index (χ4n) is 3.53. The number of hydrogen-bond acceptors (Lipinski definition) is 8. The van der Waals surface area contributed by atoms with Gasteiger partial charge in [0, 0.05) is 24.7 Å². The zero-order chi connectivity index (χ0) is 31.7. The highest BCUT2D eigenvalue weighted by molar-refractivity contribution is 7.88. The molecule has 0 spiro atoms. The van der Waals surface area contributed by atoms with Crippen molar-refractivity contribution in [3.8, 4) is 17.2 Å². The molecule has 0 radical (unpaired) electrons. The van der Waals surface area contributed by atoms with Gasteiger partial charge in [-0.15, -0.1) is 0 Å². The molecule has 1 atom stereocenters. The monoisotopic (exact) mass is 607 g/mol. The van der Waals surface area contributed by atoms with Gasteiger partial charge in [0.25, 0.3) is 5.91 Å². The molecule has 3 aromatic rings. The summed E-state index contributed by atoms with van der Waals surface area (Å²) < 4.78 is 70.4. The number of likely N-dealkylation sites (N-methyl/N-ethyl adjacent to an activating group) is 1. The molecule has 0 aliphatic rings. The lowest BCUT2D eigenvalue weighted by Gasteiger charge is -2.24. The summed E-state index contributed by atoms with van der Waals surface area (Å²) in [6.45, 7) is 0. The lowest BCUT2D eigenvalue weighted by Crippen LogP contribution is -2.44. The number of alkyl halides is 3. The van der Waals surface area contributed by atoms with Crippen molar-refractivity contribution >= 4 is 33.8 Å². The topological polar surface area (TPSA) is 166 Å². The van der Waals surface area contributed by atoms with Crippen LogP contribution in [0.3, 0.4) is 0 Å². The second kappa shape index (κ2) is 14.1. The van der Waals surface area contributed by atoms with Crippen molar-refractivity contribution in [3.63, 3.8) is 0 Å². The van der Waals surface area contributed by atoms with E-state index in [4.69, 9.17) is 15.7 Å². The fourth-order valence-corrected chi connectivity index (χ4v) is 3.98. The lowest BCUT2D eigenvalue weighted by molar-refractivity contribution is -0.192. The number of aliphatic carboxylic acids is 1. The molecule has 42 heavy (non-hydrogen) atoms. The molecule has 3 aromatic carbocycles. The highest BCUT2D eigenvalue weighted by Gasteiger charge is 2.38. The highest BCUT2D eigenvalue weighted by atomic mass is 32.2. The summed E-state index contributed by atoms with van der Waals surface area (Å²) in [5, 5.41) is 23.0. The summed E-state index contributed by atoms with van der Waals surface area (Å²) in [4.78, 5) is 22.0. The smallest absolute Gasteiger partial charge is 0.475 e. The van der Waals surface area contributed by atoms with E-state index in [1.54, 1.807) is 48.5 Å². The zero-order valence-corrected chi connectivity index (χ0v) is 22.9. The van der Waals surface area contributed by atoms with Gasteiger partial charge < -0.3 is 16.3 Å². The largest absolute Gasteiger partial charge is 0.490 e. The van der Waals surface area contributed by atoms with Gasteiger partial charge in [0.2, 0.25) is 10.0 Å². The molecule has 0 bridgehead atoms. The molecule has 0 aromatic heterocycles. The summed E-state index contributed by atoms with van der Waals surface area (Å²) in [5.41, 5.74) is 3.06. The standard InChI is InChI=1S/C25H24FN5O3S.C2HF3O2/c1-31(35(2,33)34)25(32)24(14-17-5-3-6-18(13-17)16-29-28)30-20-11-9-19(10-12-20)21-7-4-8-23(26)22(21)15-27;3-2(4,5)1(6)7/h3-13,16,24,30H,14,28H2,1-2H3;(H,6,7)/t24-;/m0./s1. The summed E-state index contributed by atoms with van der Waals surface area (Å²) in [6, 6.07) is 19.3. The number of carbonyl (C=O) groups excluding carboxylic acids is 1. The van der Waals surface area contributed by atoms with Gasteiger partial charge in [0.1, 0.15) is 17.9 Å². The van der Waals surface area contributed by atoms with Crippen molar-refractivity contribution in [2.75, 3.05) is 18.6 Å². The Kier molecular flexibility index (Phi) is 11.1. The van der Waals surface area contributed by atoms with Gasteiger partial charge in [0.05, 0.1) is 18.0 Å². The van der Waals surface area contributed by atoms with Crippen LogP contribution in [-0.2, 0) is 26.0 Å². The third kappa shape index (κ3) is 9.30. The first-order valence-electron chi connectivity index (χ1n) is 11.7. The van der Waals surface area contributed by atoms with E-state index in [1.165, 1.54) is 25.4 Å². The van der Waals surface area contributed by atoms with E-state index in [0.717, 1.165) is 17.4 Å². The number of halogens is 4. The van der Waals surface area contributed by atoms with Crippen LogP contribution in [0.2, 0.25) is 0 Å². The second-order valence-corrected chi connectivity index (χ2v) is 10.7. The Morgan fingerprint density at radius 3 is 2.26 bits per heavy atom. The predicted molar refractivity (Wildman–Crippen MR) is 147 cm³/mol. The van der Waals surface area contributed by atoms with Gasteiger partial charge in [0.15, 0.2) is 0 Å². The molecule has 0 aliphatic carbocycles. The number of amides is 1. The van der Waals surface area contributed by atoms with E-state index >= 15 is 0 Å². The summed E-state index contributed by atoms with van der Waals surface area (Å²) in [5.74, 6) is 1.22. The van der Waals surface area contributed by atoms with E-state index in [0.29, 0.717) is 21.1 Å². The maximum absolute atomic E-state index is 14.0. The summed E-state index contributed by atoms with van der Waals surface area (Å²) in [7, 11) is -2.55. The van der Waals surface area contributed by atoms with Crippen LogP contribution in [0.15, 0.2) is 71.8 Å².